The molecule has 0 saturated heterocycles. The summed E-state index contributed by atoms with van der Waals surface area (Å²) in [5.41, 5.74) is 2.21. The van der Waals surface area contributed by atoms with E-state index < -0.39 is 0 Å². The molecule has 0 unspecified atom stereocenters. The molecule has 9 heteroatoms. The number of amides is 2. The summed E-state index contributed by atoms with van der Waals surface area (Å²) < 4.78 is 22.5. The molecule has 1 aromatic heterocycles. The minimum atomic E-state index is -0.328. The molecule has 3 aromatic rings. The van der Waals surface area contributed by atoms with Crippen molar-refractivity contribution in [3.8, 4) is 28.7 Å². The number of nitrogens with zero attached hydrogens (tertiary/aromatic N) is 1. The standard InChI is InChI=1S/C21H20BrN3O5/c1-27-15-4-2-13(3-5-15)20-24-14(12-30-20)6-7-23-21(26)25-17-11-19-18(10-16(17)22)28-8-9-29-19/h2-5,10-12H,6-9H2,1H3,(H2,23,25,26). The molecule has 1 aliphatic heterocycles. The molecule has 0 fully saturated rings. The molecule has 0 atom stereocenters. The maximum absolute atomic E-state index is 12.2. The zero-order valence-electron chi connectivity index (χ0n) is 16.2. The van der Waals surface area contributed by atoms with Crippen LogP contribution in [0.3, 0.4) is 0 Å². The second-order valence-corrected chi connectivity index (χ2v) is 7.33. The molecule has 30 heavy (non-hydrogen) atoms. The molecular weight excluding hydrogens is 454 g/mol. The lowest BCUT2D eigenvalue weighted by atomic mass is 10.2. The quantitative estimate of drug-likeness (QED) is 0.555. The highest BCUT2D eigenvalue weighted by molar-refractivity contribution is 9.10. The highest BCUT2D eigenvalue weighted by Crippen LogP contribution is 2.38. The molecule has 2 N–H and O–H groups in total. The van der Waals surface area contributed by atoms with Crippen molar-refractivity contribution in [3.05, 3.63) is 52.8 Å². The molecule has 2 amide bonds. The maximum atomic E-state index is 12.2. The van der Waals surface area contributed by atoms with Crippen molar-refractivity contribution in [2.24, 2.45) is 0 Å². The summed E-state index contributed by atoms with van der Waals surface area (Å²) in [6.07, 6.45) is 2.13. The van der Waals surface area contributed by atoms with Gasteiger partial charge in [0.05, 0.1) is 18.5 Å². The lowest BCUT2D eigenvalue weighted by Gasteiger charge is -2.20. The number of oxazole rings is 1. The molecule has 0 bridgehead atoms. The fourth-order valence-corrected chi connectivity index (χ4v) is 3.34. The van der Waals surface area contributed by atoms with Gasteiger partial charge in [0.15, 0.2) is 11.5 Å². The Hall–Kier alpha value is -3.20. The summed E-state index contributed by atoms with van der Waals surface area (Å²) >= 11 is 3.43. The number of fused-ring (bicyclic) bond motifs is 1. The molecule has 2 aromatic carbocycles. The van der Waals surface area contributed by atoms with E-state index in [1.165, 1.54) is 0 Å². The van der Waals surface area contributed by atoms with Crippen molar-refractivity contribution >= 4 is 27.6 Å². The van der Waals surface area contributed by atoms with Gasteiger partial charge >= 0.3 is 6.03 Å². The van der Waals surface area contributed by atoms with Gasteiger partial charge in [-0.1, -0.05) is 0 Å². The summed E-state index contributed by atoms with van der Waals surface area (Å²) in [6, 6.07) is 10.6. The smallest absolute Gasteiger partial charge is 0.319 e. The number of halogens is 1. The van der Waals surface area contributed by atoms with Gasteiger partial charge in [-0.25, -0.2) is 9.78 Å². The van der Waals surface area contributed by atoms with E-state index >= 15 is 0 Å². The molecule has 2 heterocycles. The third-order valence-electron chi connectivity index (χ3n) is 4.44. The van der Waals surface area contributed by atoms with Gasteiger partial charge in [0.25, 0.3) is 0 Å². The summed E-state index contributed by atoms with van der Waals surface area (Å²) in [5, 5.41) is 5.61. The Morgan fingerprint density at radius 1 is 1.17 bits per heavy atom. The van der Waals surface area contributed by atoms with Crippen LogP contribution in [0.15, 0.2) is 51.6 Å². The van der Waals surface area contributed by atoms with E-state index in [0.717, 1.165) is 17.0 Å². The highest BCUT2D eigenvalue weighted by atomic mass is 79.9. The van der Waals surface area contributed by atoms with Crippen LogP contribution in [0.4, 0.5) is 10.5 Å². The van der Waals surface area contributed by atoms with E-state index in [0.29, 0.717) is 53.7 Å². The Morgan fingerprint density at radius 2 is 1.90 bits per heavy atom. The first-order valence-electron chi connectivity index (χ1n) is 9.35. The van der Waals surface area contributed by atoms with Crippen LogP contribution in [0, 0.1) is 0 Å². The van der Waals surface area contributed by atoms with Gasteiger partial charge < -0.3 is 29.3 Å². The number of benzene rings is 2. The van der Waals surface area contributed by atoms with E-state index in [2.05, 4.69) is 31.5 Å². The number of hydrogen-bond acceptors (Lipinski definition) is 6. The number of ether oxygens (including phenoxy) is 3. The largest absolute Gasteiger partial charge is 0.497 e. The minimum absolute atomic E-state index is 0.328. The molecule has 4 rings (SSSR count). The molecule has 0 saturated carbocycles. The van der Waals surface area contributed by atoms with Crippen molar-refractivity contribution < 1.29 is 23.4 Å². The van der Waals surface area contributed by atoms with Crippen LogP contribution >= 0.6 is 15.9 Å². The van der Waals surface area contributed by atoms with Gasteiger partial charge in [-0.15, -0.1) is 0 Å². The van der Waals surface area contributed by atoms with Crippen molar-refractivity contribution in [2.75, 3.05) is 32.2 Å². The number of anilines is 1. The lowest BCUT2D eigenvalue weighted by Crippen LogP contribution is -2.30. The molecule has 0 aliphatic carbocycles. The monoisotopic (exact) mass is 473 g/mol. The second kappa shape index (κ2) is 9.08. The lowest BCUT2D eigenvalue weighted by molar-refractivity contribution is 0.171. The van der Waals surface area contributed by atoms with Crippen LogP contribution in [-0.2, 0) is 6.42 Å². The van der Waals surface area contributed by atoms with Gasteiger partial charge in [0, 0.05) is 35.1 Å². The Bertz CT molecular complexity index is 1040. The van der Waals surface area contributed by atoms with Gasteiger partial charge in [0.1, 0.15) is 25.2 Å². The summed E-state index contributed by atoms with van der Waals surface area (Å²) in [6.45, 7) is 1.40. The first kappa shape index (κ1) is 20.1. The summed E-state index contributed by atoms with van der Waals surface area (Å²) in [5.74, 6) is 2.55. The minimum Gasteiger partial charge on any atom is -0.497 e. The zero-order valence-corrected chi connectivity index (χ0v) is 17.8. The first-order chi connectivity index (χ1) is 14.6. The van der Waals surface area contributed by atoms with E-state index in [9.17, 15) is 4.79 Å². The van der Waals surface area contributed by atoms with Crippen molar-refractivity contribution in [2.45, 2.75) is 6.42 Å². The van der Waals surface area contributed by atoms with Crippen LogP contribution < -0.4 is 24.8 Å². The van der Waals surface area contributed by atoms with Crippen LogP contribution in [0.25, 0.3) is 11.5 Å². The van der Waals surface area contributed by atoms with Gasteiger partial charge in [-0.2, -0.15) is 0 Å². The fraction of sp³-hybridized carbons (Fsp3) is 0.238. The number of urea groups is 1. The molecule has 0 radical (unpaired) electrons. The SMILES string of the molecule is COc1ccc(-c2nc(CCNC(=O)Nc3cc4c(cc3Br)OCCO4)co2)cc1. The van der Waals surface area contributed by atoms with Gasteiger partial charge in [-0.3, -0.25) is 0 Å². The number of aromatic nitrogens is 1. The predicted molar refractivity (Wildman–Crippen MR) is 114 cm³/mol. The molecule has 156 valence electrons. The second-order valence-electron chi connectivity index (χ2n) is 6.48. The molecule has 0 spiro atoms. The number of hydrogen-bond donors (Lipinski definition) is 2. The highest BCUT2D eigenvalue weighted by Gasteiger charge is 2.16. The average molecular weight is 474 g/mol. The van der Waals surface area contributed by atoms with Crippen LogP contribution in [0.2, 0.25) is 0 Å². The van der Waals surface area contributed by atoms with Gasteiger partial charge in [0.2, 0.25) is 5.89 Å². The van der Waals surface area contributed by atoms with Crippen molar-refractivity contribution in [3.63, 3.8) is 0 Å². The zero-order chi connectivity index (χ0) is 20.9. The number of carbonyl (C=O) groups excluding carboxylic acids is 1. The van der Waals surface area contributed by atoms with E-state index in [1.807, 2.05) is 24.3 Å². The topological polar surface area (TPSA) is 94.9 Å². The third-order valence-corrected chi connectivity index (χ3v) is 5.09. The normalized spacial score (nSPS) is 12.3. The Balaban J connectivity index is 1.29. The molecule has 1 aliphatic rings. The summed E-state index contributed by atoms with van der Waals surface area (Å²) in [4.78, 5) is 16.7. The predicted octanol–water partition coefficient (Wildman–Crippen LogP) is 4.25. The number of methoxy groups -OCH3 is 1. The van der Waals surface area contributed by atoms with Crippen molar-refractivity contribution in [1.29, 1.82) is 0 Å². The fourth-order valence-electron chi connectivity index (χ4n) is 2.92. The Labute approximate surface area is 181 Å². The number of rotatable bonds is 6. The van der Waals surface area contributed by atoms with E-state index in [4.69, 9.17) is 18.6 Å². The van der Waals surface area contributed by atoms with Crippen molar-refractivity contribution in [1.82, 2.24) is 10.3 Å². The number of nitrogens with one attached hydrogen (secondary N) is 2. The molecular formula is C21H20BrN3O5. The van der Waals surface area contributed by atoms with E-state index in [1.54, 1.807) is 25.5 Å². The average Bonchev–Trinajstić information content (AvgIpc) is 3.23. The Morgan fingerprint density at radius 3 is 2.63 bits per heavy atom. The Kier molecular flexibility index (Phi) is 6.08. The van der Waals surface area contributed by atoms with Crippen LogP contribution in [-0.4, -0.2) is 37.9 Å². The van der Waals surface area contributed by atoms with Gasteiger partial charge in [-0.05, 0) is 40.2 Å². The molecule has 8 nitrogen and oxygen atoms in total. The first-order valence-corrected chi connectivity index (χ1v) is 10.1. The van der Waals surface area contributed by atoms with Crippen LogP contribution in [0.1, 0.15) is 5.69 Å². The third kappa shape index (κ3) is 4.68. The summed E-state index contributed by atoms with van der Waals surface area (Å²) in [7, 11) is 1.62. The maximum Gasteiger partial charge on any atom is 0.319 e. The number of carbonyl (C=O) groups is 1. The van der Waals surface area contributed by atoms with Crippen LogP contribution in [0.5, 0.6) is 17.2 Å². The van der Waals surface area contributed by atoms with E-state index in [-0.39, 0.29) is 6.03 Å².